The number of nitriles is 1. The lowest BCUT2D eigenvalue weighted by molar-refractivity contribution is 0.103. The normalized spacial score (nSPS) is 11.7. The zero-order valence-electron chi connectivity index (χ0n) is 9.47. The molecular formula is C13H7N3O2. The molecule has 5 nitrogen and oxygen atoms in total. The minimum absolute atomic E-state index is 0.0254. The van der Waals surface area contributed by atoms with E-state index in [0.29, 0.717) is 11.3 Å². The quantitative estimate of drug-likeness (QED) is 0.642. The summed E-state index contributed by atoms with van der Waals surface area (Å²) in [6.45, 7) is 0. The lowest BCUT2D eigenvalue weighted by atomic mass is 10.1. The predicted molar refractivity (Wildman–Crippen MR) is 62.2 cm³/mol. The molecule has 0 N–H and O–H groups in total. The van der Waals surface area contributed by atoms with Crippen molar-refractivity contribution in [3.63, 3.8) is 0 Å². The van der Waals surface area contributed by atoms with Crippen molar-refractivity contribution in [3.05, 3.63) is 41.2 Å². The first-order valence-electron chi connectivity index (χ1n) is 5.26. The molecule has 0 saturated carbocycles. The molecule has 0 spiro atoms. The topological polar surface area (TPSA) is 75.9 Å². The van der Waals surface area contributed by atoms with Gasteiger partial charge in [-0.1, -0.05) is 24.3 Å². The number of methoxy groups -OCH3 is 1. The maximum atomic E-state index is 12.1. The molecule has 1 heterocycles. The summed E-state index contributed by atoms with van der Waals surface area (Å²) in [5.74, 6) is -0.0620. The molecule has 0 amide bonds. The molecule has 0 saturated heterocycles. The number of nitrogens with zero attached hydrogens (tertiary/aromatic N) is 3. The van der Waals surface area contributed by atoms with E-state index in [0.717, 1.165) is 5.56 Å². The molecule has 18 heavy (non-hydrogen) atoms. The highest BCUT2D eigenvalue weighted by Gasteiger charge is 2.31. The van der Waals surface area contributed by atoms with Gasteiger partial charge < -0.3 is 4.74 Å². The average Bonchev–Trinajstić information content (AvgIpc) is 2.71. The second-order valence-corrected chi connectivity index (χ2v) is 3.77. The molecular weight excluding hydrogens is 230 g/mol. The van der Waals surface area contributed by atoms with Gasteiger partial charge in [0.05, 0.1) is 7.11 Å². The molecule has 3 rings (SSSR count). The molecule has 0 atom stereocenters. The number of ketones is 1. The highest BCUT2D eigenvalue weighted by molar-refractivity contribution is 6.19. The predicted octanol–water partition coefficient (Wildman–Crippen LogP) is 1.57. The summed E-state index contributed by atoms with van der Waals surface area (Å²) in [5, 5.41) is 8.94. The SMILES string of the molecule is COc1nc2c(nc1C#N)C(=O)c1ccccc1-2. The Labute approximate surface area is 103 Å². The molecule has 2 aromatic rings. The molecule has 0 radical (unpaired) electrons. The molecule has 0 aliphatic heterocycles. The van der Waals surface area contributed by atoms with E-state index in [4.69, 9.17) is 10.00 Å². The van der Waals surface area contributed by atoms with Crippen LogP contribution in [-0.2, 0) is 0 Å². The van der Waals surface area contributed by atoms with Gasteiger partial charge in [0.15, 0.2) is 0 Å². The second kappa shape index (κ2) is 3.64. The van der Waals surface area contributed by atoms with Crippen molar-refractivity contribution in [3.8, 4) is 23.2 Å². The van der Waals surface area contributed by atoms with Gasteiger partial charge in [-0.2, -0.15) is 5.26 Å². The number of benzene rings is 1. The highest BCUT2D eigenvalue weighted by atomic mass is 16.5. The number of aromatic nitrogens is 2. The van der Waals surface area contributed by atoms with Gasteiger partial charge in [-0.25, -0.2) is 9.97 Å². The summed E-state index contributed by atoms with van der Waals surface area (Å²) in [6.07, 6.45) is 0. The van der Waals surface area contributed by atoms with E-state index in [2.05, 4.69) is 9.97 Å². The Bertz CT molecular complexity index is 717. The molecule has 1 aromatic carbocycles. The number of fused-ring (bicyclic) bond motifs is 3. The fraction of sp³-hybridized carbons (Fsp3) is 0.0769. The van der Waals surface area contributed by atoms with Gasteiger partial charge in [0.2, 0.25) is 11.5 Å². The van der Waals surface area contributed by atoms with Crippen molar-refractivity contribution in [2.75, 3.05) is 7.11 Å². The van der Waals surface area contributed by atoms with Crippen molar-refractivity contribution >= 4 is 5.78 Å². The Balaban J connectivity index is 2.34. The first-order valence-corrected chi connectivity index (χ1v) is 5.26. The van der Waals surface area contributed by atoms with Crippen LogP contribution in [0.3, 0.4) is 0 Å². The number of carbonyl (C=O) groups excluding carboxylic acids is 1. The minimum Gasteiger partial charge on any atom is -0.479 e. The Kier molecular flexibility index (Phi) is 2.10. The molecule has 0 fully saturated rings. The standard InChI is InChI=1S/C13H7N3O2/c1-18-13-9(6-14)15-11-10(16-13)7-4-2-3-5-8(7)12(11)17/h2-5H,1H3. The maximum absolute atomic E-state index is 12.1. The fourth-order valence-corrected chi connectivity index (χ4v) is 2.00. The number of hydrogen-bond donors (Lipinski definition) is 0. The Morgan fingerprint density at radius 3 is 2.56 bits per heavy atom. The van der Waals surface area contributed by atoms with Gasteiger partial charge in [0, 0.05) is 11.1 Å². The second-order valence-electron chi connectivity index (χ2n) is 3.77. The van der Waals surface area contributed by atoms with Crippen LogP contribution in [0, 0.1) is 11.3 Å². The van der Waals surface area contributed by atoms with Gasteiger partial charge >= 0.3 is 0 Å². The van der Waals surface area contributed by atoms with Crippen LogP contribution in [0.25, 0.3) is 11.3 Å². The molecule has 86 valence electrons. The van der Waals surface area contributed by atoms with Crippen LogP contribution in [0.1, 0.15) is 21.7 Å². The van der Waals surface area contributed by atoms with E-state index >= 15 is 0 Å². The van der Waals surface area contributed by atoms with E-state index < -0.39 is 0 Å². The number of rotatable bonds is 1. The van der Waals surface area contributed by atoms with Crippen molar-refractivity contribution < 1.29 is 9.53 Å². The third-order valence-electron chi connectivity index (χ3n) is 2.80. The van der Waals surface area contributed by atoms with Crippen LogP contribution in [-0.4, -0.2) is 22.9 Å². The van der Waals surface area contributed by atoms with Gasteiger partial charge in [0.1, 0.15) is 17.5 Å². The first-order chi connectivity index (χ1) is 8.76. The smallest absolute Gasteiger partial charge is 0.251 e. The molecule has 0 bridgehead atoms. The fourth-order valence-electron chi connectivity index (χ4n) is 2.00. The zero-order valence-corrected chi connectivity index (χ0v) is 9.47. The zero-order chi connectivity index (χ0) is 12.7. The summed E-state index contributed by atoms with van der Waals surface area (Å²) in [4.78, 5) is 20.3. The number of carbonyl (C=O) groups is 1. The summed E-state index contributed by atoms with van der Waals surface area (Å²) < 4.78 is 5.00. The monoisotopic (exact) mass is 237 g/mol. The van der Waals surface area contributed by atoms with Crippen LogP contribution in [0.4, 0.5) is 0 Å². The van der Waals surface area contributed by atoms with E-state index in [1.165, 1.54) is 7.11 Å². The van der Waals surface area contributed by atoms with Crippen molar-refractivity contribution in [1.29, 1.82) is 5.26 Å². The van der Waals surface area contributed by atoms with Gasteiger partial charge in [-0.05, 0) is 0 Å². The highest BCUT2D eigenvalue weighted by Crippen LogP contribution is 2.35. The Morgan fingerprint density at radius 1 is 1.17 bits per heavy atom. The van der Waals surface area contributed by atoms with Crippen LogP contribution in [0.15, 0.2) is 24.3 Å². The molecule has 1 aromatic heterocycles. The third-order valence-corrected chi connectivity index (χ3v) is 2.80. The first kappa shape index (κ1) is 10.4. The number of hydrogen-bond acceptors (Lipinski definition) is 5. The summed E-state index contributed by atoms with van der Waals surface area (Å²) in [7, 11) is 1.42. The van der Waals surface area contributed by atoms with Crippen LogP contribution in [0.2, 0.25) is 0 Å². The largest absolute Gasteiger partial charge is 0.479 e. The maximum Gasteiger partial charge on any atom is 0.251 e. The molecule has 1 aliphatic carbocycles. The molecule has 1 aliphatic rings. The van der Waals surface area contributed by atoms with E-state index in [-0.39, 0.29) is 23.1 Å². The van der Waals surface area contributed by atoms with E-state index in [1.54, 1.807) is 18.2 Å². The van der Waals surface area contributed by atoms with E-state index in [9.17, 15) is 4.79 Å². The van der Waals surface area contributed by atoms with E-state index in [1.807, 2.05) is 12.1 Å². The van der Waals surface area contributed by atoms with Crippen LogP contribution in [0.5, 0.6) is 5.88 Å². The van der Waals surface area contributed by atoms with Crippen molar-refractivity contribution in [2.45, 2.75) is 0 Å². The third kappa shape index (κ3) is 1.23. The lowest BCUT2D eigenvalue weighted by Gasteiger charge is -2.03. The van der Waals surface area contributed by atoms with Crippen molar-refractivity contribution in [2.24, 2.45) is 0 Å². The van der Waals surface area contributed by atoms with Gasteiger partial charge in [-0.3, -0.25) is 4.79 Å². The molecule has 5 heteroatoms. The molecule has 0 unspecified atom stereocenters. The van der Waals surface area contributed by atoms with Gasteiger partial charge in [-0.15, -0.1) is 0 Å². The average molecular weight is 237 g/mol. The lowest BCUT2D eigenvalue weighted by Crippen LogP contribution is -2.03. The van der Waals surface area contributed by atoms with Crippen LogP contribution >= 0.6 is 0 Å². The van der Waals surface area contributed by atoms with Crippen molar-refractivity contribution in [1.82, 2.24) is 9.97 Å². The summed E-state index contributed by atoms with van der Waals surface area (Å²) >= 11 is 0. The van der Waals surface area contributed by atoms with Gasteiger partial charge in [0.25, 0.3) is 5.88 Å². The minimum atomic E-state index is -0.202. The Morgan fingerprint density at radius 2 is 1.89 bits per heavy atom. The summed E-state index contributed by atoms with van der Waals surface area (Å²) in [6, 6.07) is 9.01. The number of ether oxygens (including phenoxy) is 1. The Hall–Kier alpha value is -2.74. The summed E-state index contributed by atoms with van der Waals surface area (Å²) in [5.41, 5.74) is 2.01. The van der Waals surface area contributed by atoms with Crippen LogP contribution < -0.4 is 4.74 Å².